The minimum Gasteiger partial charge on any atom is -0.459 e. The Kier molecular flexibility index (Phi) is 6.61. The van der Waals surface area contributed by atoms with Crippen LogP contribution in [0.25, 0.3) is 5.65 Å². The Morgan fingerprint density at radius 1 is 1.29 bits per heavy atom. The summed E-state index contributed by atoms with van der Waals surface area (Å²) in [5, 5.41) is 11.0. The normalized spacial score (nSPS) is 16.4. The molecule has 3 aromatic rings. The van der Waals surface area contributed by atoms with Crippen molar-refractivity contribution in [2.45, 2.75) is 45.1 Å². The molecule has 1 aliphatic heterocycles. The van der Waals surface area contributed by atoms with E-state index >= 15 is 0 Å². The van der Waals surface area contributed by atoms with Crippen LogP contribution >= 0.6 is 0 Å². The molecule has 0 aliphatic carbocycles. The van der Waals surface area contributed by atoms with Crippen LogP contribution in [0.1, 0.15) is 44.6 Å². The Balaban J connectivity index is 1.47. The number of nitrogens with zero attached hydrogens (tertiary/aromatic N) is 4. The second-order valence-electron chi connectivity index (χ2n) is 7.87. The maximum Gasteiger partial charge on any atom is 0.322 e. The van der Waals surface area contributed by atoms with Crippen molar-refractivity contribution in [2.24, 2.45) is 0 Å². The zero-order chi connectivity index (χ0) is 21.6. The lowest BCUT2D eigenvalue weighted by Crippen LogP contribution is -2.37. The van der Waals surface area contributed by atoms with Crippen molar-refractivity contribution in [2.75, 3.05) is 25.0 Å². The molecule has 0 radical (unpaired) electrons. The fraction of sp³-hybridized carbons (Fsp3) is 0.455. The molecule has 2 N–H and O–H groups in total. The van der Waals surface area contributed by atoms with Crippen LogP contribution in [0.3, 0.4) is 0 Å². The van der Waals surface area contributed by atoms with E-state index in [9.17, 15) is 4.79 Å². The van der Waals surface area contributed by atoms with Gasteiger partial charge >= 0.3 is 12.0 Å². The summed E-state index contributed by atoms with van der Waals surface area (Å²) in [7, 11) is 0. The van der Waals surface area contributed by atoms with Gasteiger partial charge in [-0.05, 0) is 37.4 Å². The molecule has 1 aliphatic rings. The van der Waals surface area contributed by atoms with Crippen LogP contribution in [-0.2, 0) is 4.79 Å². The van der Waals surface area contributed by atoms with Crippen molar-refractivity contribution in [3.05, 3.63) is 42.1 Å². The number of nitrogens with one attached hydrogen (secondary N) is 2. The molecule has 31 heavy (non-hydrogen) atoms. The molecule has 2 aromatic heterocycles. The smallest absolute Gasteiger partial charge is 0.322 e. The first-order valence-corrected chi connectivity index (χ1v) is 10.7. The third kappa shape index (κ3) is 5.29. The number of para-hydroxylation sites is 1. The predicted octanol–water partition coefficient (Wildman–Crippen LogP) is 2.79. The summed E-state index contributed by atoms with van der Waals surface area (Å²) in [6.07, 6.45) is 4.05. The SMILES string of the molecule is CC(C)c1cnn2c(NCCC(=O)Oc3ccccc3)nc(OC3CCCNC3)nc12. The van der Waals surface area contributed by atoms with Crippen molar-refractivity contribution in [3.8, 4) is 11.8 Å². The third-order valence-electron chi connectivity index (χ3n) is 5.11. The lowest BCUT2D eigenvalue weighted by molar-refractivity contribution is -0.134. The van der Waals surface area contributed by atoms with Gasteiger partial charge in [0, 0.05) is 18.7 Å². The molecular formula is C22H28N6O3. The average molecular weight is 425 g/mol. The van der Waals surface area contributed by atoms with E-state index in [4.69, 9.17) is 9.47 Å². The molecule has 0 spiro atoms. The molecular weight excluding hydrogens is 396 g/mol. The molecule has 1 aromatic carbocycles. The average Bonchev–Trinajstić information content (AvgIpc) is 3.20. The Morgan fingerprint density at radius 2 is 2.13 bits per heavy atom. The third-order valence-corrected chi connectivity index (χ3v) is 5.11. The largest absolute Gasteiger partial charge is 0.459 e. The summed E-state index contributed by atoms with van der Waals surface area (Å²) in [5.74, 6) is 0.952. The van der Waals surface area contributed by atoms with Crippen molar-refractivity contribution in [1.29, 1.82) is 0 Å². The molecule has 4 rings (SSSR count). The highest BCUT2D eigenvalue weighted by Gasteiger charge is 2.20. The zero-order valence-corrected chi connectivity index (χ0v) is 17.9. The molecule has 9 heteroatoms. The van der Waals surface area contributed by atoms with Crippen LogP contribution in [0.4, 0.5) is 5.95 Å². The molecule has 0 bridgehead atoms. The Labute approximate surface area is 181 Å². The highest BCUT2D eigenvalue weighted by Crippen LogP contribution is 2.23. The fourth-order valence-corrected chi connectivity index (χ4v) is 3.47. The number of fused-ring (bicyclic) bond motifs is 1. The first kappa shape index (κ1) is 21.0. The number of ether oxygens (including phenoxy) is 2. The zero-order valence-electron chi connectivity index (χ0n) is 17.9. The molecule has 9 nitrogen and oxygen atoms in total. The van der Waals surface area contributed by atoms with E-state index in [0.29, 0.717) is 29.9 Å². The number of aromatic nitrogens is 4. The summed E-state index contributed by atoms with van der Waals surface area (Å²) in [6, 6.07) is 9.34. The molecule has 1 atom stereocenters. The quantitative estimate of drug-likeness (QED) is 0.420. The van der Waals surface area contributed by atoms with E-state index in [1.54, 1.807) is 22.8 Å². The van der Waals surface area contributed by atoms with Crippen LogP contribution in [0.2, 0.25) is 0 Å². The van der Waals surface area contributed by atoms with Gasteiger partial charge in [0.25, 0.3) is 0 Å². The van der Waals surface area contributed by atoms with Gasteiger partial charge in [0.2, 0.25) is 5.95 Å². The predicted molar refractivity (Wildman–Crippen MR) is 117 cm³/mol. The van der Waals surface area contributed by atoms with Gasteiger partial charge in [0.05, 0.1) is 12.6 Å². The van der Waals surface area contributed by atoms with Crippen molar-refractivity contribution >= 4 is 17.6 Å². The van der Waals surface area contributed by atoms with Crippen LogP contribution in [0.5, 0.6) is 11.8 Å². The highest BCUT2D eigenvalue weighted by molar-refractivity contribution is 5.72. The van der Waals surface area contributed by atoms with Crippen LogP contribution in [-0.4, -0.2) is 51.3 Å². The number of piperidine rings is 1. The lowest BCUT2D eigenvalue weighted by Gasteiger charge is -2.23. The van der Waals surface area contributed by atoms with Gasteiger partial charge in [-0.15, -0.1) is 0 Å². The van der Waals surface area contributed by atoms with Gasteiger partial charge in [-0.3, -0.25) is 4.79 Å². The summed E-state index contributed by atoms with van der Waals surface area (Å²) in [4.78, 5) is 21.3. The number of carbonyl (C=O) groups is 1. The fourth-order valence-electron chi connectivity index (χ4n) is 3.47. The maximum absolute atomic E-state index is 12.1. The summed E-state index contributed by atoms with van der Waals surface area (Å²) >= 11 is 0. The second kappa shape index (κ2) is 9.74. The molecule has 1 fully saturated rings. The van der Waals surface area contributed by atoms with E-state index in [0.717, 1.165) is 31.5 Å². The molecule has 0 saturated carbocycles. The Morgan fingerprint density at radius 3 is 2.87 bits per heavy atom. The lowest BCUT2D eigenvalue weighted by atomic mass is 10.1. The topological polar surface area (TPSA) is 103 Å². The van der Waals surface area contributed by atoms with Crippen LogP contribution in [0.15, 0.2) is 36.5 Å². The Hall–Kier alpha value is -3.20. The van der Waals surface area contributed by atoms with Crippen LogP contribution < -0.4 is 20.1 Å². The van der Waals surface area contributed by atoms with Gasteiger partial charge < -0.3 is 20.1 Å². The van der Waals surface area contributed by atoms with Crippen molar-refractivity contribution in [1.82, 2.24) is 24.9 Å². The molecule has 164 valence electrons. The number of anilines is 1. The molecule has 3 heterocycles. The number of benzene rings is 1. The van der Waals surface area contributed by atoms with E-state index in [-0.39, 0.29) is 24.4 Å². The number of esters is 1. The van der Waals surface area contributed by atoms with E-state index in [1.807, 2.05) is 18.2 Å². The number of hydrogen-bond acceptors (Lipinski definition) is 8. The first-order valence-electron chi connectivity index (χ1n) is 10.7. The van der Waals surface area contributed by atoms with Gasteiger partial charge in [-0.25, -0.2) is 0 Å². The molecule has 0 amide bonds. The summed E-state index contributed by atoms with van der Waals surface area (Å²) < 4.78 is 13.0. The van der Waals surface area contributed by atoms with E-state index in [2.05, 4.69) is 39.5 Å². The van der Waals surface area contributed by atoms with Crippen molar-refractivity contribution in [3.63, 3.8) is 0 Å². The minimum atomic E-state index is -0.322. The van der Waals surface area contributed by atoms with Gasteiger partial charge in [0.15, 0.2) is 5.65 Å². The standard InChI is InChI=1S/C22H28N6O3/c1-15(2)18-14-25-28-20(18)26-22(31-17-9-6-11-23-13-17)27-21(28)24-12-10-19(29)30-16-7-4-3-5-8-16/h3-5,7-8,14-15,17,23H,6,9-13H2,1-2H3,(H,24,26,27). The van der Waals surface area contributed by atoms with E-state index in [1.165, 1.54) is 0 Å². The monoisotopic (exact) mass is 424 g/mol. The second-order valence-corrected chi connectivity index (χ2v) is 7.87. The first-order chi connectivity index (χ1) is 15.1. The van der Waals surface area contributed by atoms with Crippen molar-refractivity contribution < 1.29 is 14.3 Å². The summed E-state index contributed by atoms with van der Waals surface area (Å²) in [6.45, 7) is 6.32. The summed E-state index contributed by atoms with van der Waals surface area (Å²) in [5.41, 5.74) is 1.72. The van der Waals surface area contributed by atoms with Gasteiger partial charge in [-0.1, -0.05) is 32.0 Å². The minimum absolute atomic E-state index is 0.0373. The number of hydrogen-bond donors (Lipinski definition) is 2. The molecule has 1 unspecified atom stereocenters. The van der Waals surface area contributed by atoms with Gasteiger partial charge in [0.1, 0.15) is 11.9 Å². The van der Waals surface area contributed by atoms with E-state index < -0.39 is 0 Å². The Bertz CT molecular complexity index is 1010. The van der Waals surface area contributed by atoms with Crippen LogP contribution in [0, 0.1) is 0 Å². The molecule has 1 saturated heterocycles. The number of rotatable bonds is 8. The maximum atomic E-state index is 12.1. The van der Waals surface area contributed by atoms with Gasteiger partial charge in [-0.2, -0.15) is 19.6 Å². The highest BCUT2D eigenvalue weighted by atomic mass is 16.5. The number of carbonyl (C=O) groups excluding carboxylic acids is 1.